The number of halogens is 1. The van der Waals surface area contributed by atoms with Crippen LogP contribution in [-0.2, 0) is 0 Å². The molecule has 1 saturated heterocycles. The number of nitrogens with one attached hydrogen (secondary N) is 1. The van der Waals surface area contributed by atoms with E-state index in [0.717, 1.165) is 28.9 Å². The molecule has 1 N–H and O–H groups in total. The number of anilines is 2. The van der Waals surface area contributed by atoms with Gasteiger partial charge in [0.2, 0.25) is 0 Å². The van der Waals surface area contributed by atoms with E-state index in [1.165, 1.54) is 19.3 Å². The number of aromatic nitrogens is 1. The van der Waals surface area contributed by atoms with E-state index in [4.69, 9.17) is 0 Å². The Bertz CT molecular complexity index is 651. The highest BCUT2D eigenvalue weighted by atomic mass is 79.9. The van der Waals surface area contributed by atoms with E-state index in [0.29, 0.717) is 5.56 Å². The quantitative estimate of drug-likeness (QED) is 0.897. The van der Waals surface area contributed by atoms with Crippen molar-refractivity contribution in [1.29, 1.82) is 0 Å². The fourth-order valence-electron chi connectivity index (χ4n) is 2.61. The molecule has 22 heavy (non-hydrogen) atoms. The lowest BCUT2D eigenvalue weighted by Crippen LogP contribution is -2.29. The standard InChI is InChI=1S/C17H18BrN3O/c18-14-4-6-15(7-5-14)20-17(22)13-10-16(12-19-11-13)21-8-2-1-3-9-21/h4-7,10-12H,1-3,8-9H2,(H,20,22). The minimum atomic E-state index is -0.131. The van der Waals surface area contributed by atoms with Crippen LogP contribution in [0.25, 0.3) is 0 Å². The number of pyridine rings is 1. The predicted molar refractivity (Wildman–Crippen MR) is 92.4 cm³/mol. The molecule has 5 heteroatoms. The van der Waals surface area contributed by atoms with Gasteiger partial charge in [-0.1, -0.05) is 15.9 Å². The Kier molecular flexibility index (Phi) is 4.73. The molecule has 0 aliphatic carbocycles. The van der Waals surface area contributed by atoms with Crippen molar-refractivity contribution in [1.82, 2.24) is 4.98 Å². The molecule has 1 amide bonds. The van der Waals surface area contributed by atoms with Crippen molar-refractivity contribution in [3.8, 4) is 0 Å². The number of nitrogens with zero attached hydrogens (tertiary/aromatic N) is 2. The molecule has 0 radical (unpaired) electrons. The topological polar surface area (TPSA) is 45.2 Å². The molecule has 1 fully saturated rings. The average Bonchev–Trinajstić information content (AvgIpc) is 2.58. The van der Waals surface area contributed by atoms with Gasteiger partial charge in [-0.3, -0.25) is 9.78 Å². The summed E-state index contributed by atoms with van der Waals surface area (Å²) in [6.45, 7) is 2.08. The molecular formula is C17H18BrN3O. The summed E-state index contributed by atoms with van der Waals surface area (Å²) in [6.07, 6.45) is 7.14. The van der Waals surface area contributed by atoms with Gasteiger partial charge < -0.3 is 10.2 Å². The van der Waals surface area contributed by atoms with E-state index >= 15 is 0 Å². The fourth-order valence-corrected chi connectivity index (χ4v) is 2.88. The molecule has 1 aliphatic rings. The maximum atomic E-state index is 12.4. The van der Waals surface area contributed by atoms with Crippen LogP contribution in [0.2, 0.25) is 0 Å². The Morgan fingerprint density at radius 1 is 1.09 bits per heavy atom. The van der Waals surface area contributed by atoms with Gasteiger partial charge in [-0.15, -0.1) is 0 Å². The predicted octanol–water partition coefficient (Wildman–Crippen LogP) is 4.09. The number of hydrogen-bond acceptors (Lipinski definition) is 3. The molecule has 0 saturated carbocycles. The molecule has 1 aliphatic heterocycles. The number of hydrogen-bond donors (Lipinski definition) is 1. The molecule has 0 atom stereocenters. The first-order valence-corrected chi connectivity index (χ1v) is 8.28. The van der Waals surface area contributed by atoms with Crippen molar-refractivity contribution in [3.05, 3.63) is 52.8 Å². The number of rotatable bonds is 3. The molecule has 3 rings (SSSR count). The summed E-state index contributed by atoms with van der Waals surface area (Å²) in [6, 6.07) is 9.45. The maximum absolute atomic E-state index is 12.4. The fraction of sp³-hybridized carbons (Fsp3) is 0.294. The highest BCUT2D eigenvalue weighted by molar-refractivity contribution is 9.10. The van der Waals surface area contributed by atoms with Crippen LogP contribution in [0, 0.1) is 0 Å². The number of carbonyl (C=O) groups is 1. The monoisotopic (exact) mass is 359 g/mol. The Balaban J connectivity index is 1.73. The lowest BCUT2D eigenvalue weighted by molar-refractivity contribution is 0.102. The van der Waals surface area contributed by atoms with E-state index in [2.05, 4.69) is 31.1 Å². The van der Waals surface area contributed by atoms with Crippen molar-refractivity contribution in [2.45, 2.75) is 19.3 Å². The summed E-state index contributed by atoms with van der Waals surface area (Å²) in [5.74, 6) is -0.131. The maximum Gasteiger partial charge on any atom is 0.257 e. The van der Waals surface area contributed by atoms with Crippen LogP contribution in [0.1, 0.15) is 29.6 Å². The smallest absolute Gasteiger partial charge is 0.257 e. The summed E-state index contributed by atoms with van der Waals surface area (Å²) >= 11 is 3.38. The highest BCUT2D eigenvalue weighted by Crippen LogP contribution is 2.21. The molecular weight excluding hydrogens is 342 g/mol. The van der Waals surface area contributed by atoms with Crippen LogP contribution >= 0.6 is 15.9 Å². The summed E-state index contributed by atoms with van der Waals surface area (Å²) in [5.41, 5.74) is 2.39. The van der Waals surface area contributed by atoms with Gasteiger partial charge in [-0.25, -0.2) is 0 Å². The third-order valence-electron chi connectivity index (χ3n) is 3.81. The van der Waals surface area contributed by atoms with Gasteiger partial charge in [-0.2, -0.15) is 0 Å². The van der Waals surface area contributed by atoms with Gasteiger partial charge in [0.1, 0.15) is 0 Å². The molecule has 114 valence electrons. The third-order valence-corrected chi connectivity index (χ3v) is 4.34. The van der Waals surface area contributed by atoms with E-state index in [1.54, 1.807) is 6.20 Å². The second-order valence-electron chi connectivity index (χ2n) is 5.44. The Hall–Kier alpha value is -1.88. The van der Waals surface area contributed by atoms with Crippen molar-refractivity contribution < 1.29 is 4.79 Å². The summed E-state index contributed by atoms with van der Waals surface area (Å²) in [5, 5.41) is 2.90. The molecule has 4 nitrogen and oxygen atoms in total. The summed E-state index contributed by atoms with van der Waals surface area (Å²) in [7, 11) is 0. The van der Waals surface area contributed by atoms with Gasteiger partial charge in [0.05, 0.1) is 17.4 Å². The highest BCUT2D eigenvalue weighted by Gasteiger charge is 2.14. The normalized spacial score (nSPS) is 14.7. The minimum absolute atomic E-state index is 0.131. The van der Waals surface area contributed by atoms with Crippen LogP contribution in [0.15, 0.2) is 47.2 Å². The van der Waals surface area contributed by atoms with Crippen molar-refractivity contribution in [2.24, 2.45) is 0 Å². The zero-order valence-electron chi connectivity index (χ0n) is 12.3. The summed E-state index contributed by atoms with van der Waals surface area (Å²) < 4.78 is 0.985. The summed E-state index contributed by atoms with van der Waals surface area (Å²) in [4.78, 5) is 18.9. The van der Waals surface area contributed by atoms with Crippen molar-refractivity contribution in [3.63, 3.8) is 0 Å². The van der Waals surface area contributed by atoms with E-state index < -0.39 is 0 Å². The van der Waals surface area contributed by atoms with Crippen LogP contribution in [0.3, 0.4) is 0 Å². The first-order valence-electron chi connectivity index (χ1n) is 7.49. The van der Waals surface area contributed by atoms with Crippen molar-refractivity contribution in [2.75, 3.05) is 23.3 Å². The van der Waals surface area contributed by atoms with Crippen molar-refractivity contribution >= 4 is 33.2 Å². The molecule has 0 bridgehead atoms. The van der Waals surface area contributed by atoms with E-state index in [1.807, 2.05) is 36.5 Å². The van der Waals surface area contributed by atoms with Crippen LogP contribution in [0.5, 0.6) is 0 Å². The van der Waals surface area contributed by atoms with Crippen LogP contribution in [0.4, 0.5) is 11.4 Å². The molecule has 2 aromatic rings. The second-order valence-corrected chi connectivity index (χ2v) is 6.36. The molecule has 0 unspecified atom stereocenters. The van der Waals surface area contributed by atoms with Gasteiger partial charge in [0.15, 0.2) is 0 Å². The molecule has 1 aromatic heterocycles. The largest absolute Gasteiger partial charge is 0.370 e. The first kappa shape index (κ1) is 15.0. The minimum Gasteiger partial charge on any atom is -0.370 e. The number of amides is 1. The lowest BCUT2D eigenvalue weighted by Gasteiger charge is -2.28. The number of carbonyl (C=O) groups excluding carboxylic acids is 1. The lowest BCUT2D eigenvalue weighted by atomic mass is 10.1. The van der Waals surface area contributed by atoms with E-state index in [9.17, 15) is 4.79 Å². The first-order chi connectivity index (χ1) is 10.7. The zero-order chi connectivity index (χ0) is 15.4. The Morgan fingerprint density at radius 2 is 1.82 bits per heavy atom. The van der Waals surface area contributed by atoms with Gasteiger partial charge in [0.25, 0.3) is 5.91 Å². The van der Waals surface area contributed by atoms with Gasteiger partial charge >= 0.3 is 0 Å². The van der Waals surface area contributed by atoms with Gasteiger partial charge in [0, 0.05) is 29.4 Å². The SMILES string of the molecule is O=C(Nc1ccc(Br)cc1)c1cncc(N2CCCCC2)c1. The van der Waals surface area contributed by atoms with Crippen LogP contribution in [-0.4, -0.2) is 24.0 Å². The second kappa shape index (κ2) is 6.92. The van der Waals surface area contributed by atoms with E-state index in [-0.39, 0.29) is 5.91 Å². The average molecular weight is 360 g/mol. The molecule has 2 heterocycles. The Morgan fingerprint density at radius 3 is 2.55 bits per heavy atom. The Labute approximate surface area is 138 Å². The zero-order valence-corrected chi connectivity index (χ0v) is 13.8. The number of piperidine rings is 1. The van der Waals surface area contributed by atoms with Crippen LogP contribution < -0.4 is 10.2 Å². The van der Waals surface area contributed by atoms with Gasteiger partial charge in [-0.05, 0) is 49.6 Å². The number of benzene rings is 1. The molecule has 1 aromatic carbocycles. The third kappa shape index (κ3) is 3.65. The molecule has 0 spiro atoms.